The second kappa shape index (κ2) is 47.6. The zero-order valence-corrected chi connectivity index (χ0v) is 44.6. The molecule has 1 aliphatic rings. The van der Waals surface area contributed by atoms with Crippen molar-refractivity contribution < 1.29 is 49.3 Å². The molecule has 8 atom stereocenters. The number of hydrogen-bond acceptors (Lipinski definition) is 10. The minimum atomic E-state index is -1.64. The number of nitrogens with one attached hydrogen (secondary N) is 1. The van der Waals surface area contributed by atoms with Gasteiger partial charge in [0.1, 0.15) is 24.4 Å². The van der Waals surface area contributed by atoms with Crippen LogP contribution in [0.5, 0.6) is 0 Å². The second-order valence-electron chi connectivity index (χ2n) is 19.1. The fourth-order valence-corrected chi connectivity index (χ4v) is 8.15. The number of allylic oxidation sites excluding steroid dienone is 15. The predicted molar refractivity (Wildman–Crippen MR) is 292 cm³/mol. The van der Waals surface area contributed by atoms with E-state index in [1.54, 1.807) is 6.08 Å². The standard InChI is InChI=1S/C60H101NO10/c1-4-7-10-13-16-19-22-25-26-27-28-30-33-36-39-42-45-48-55(65)71-58-57(67)56(66)54(49-62)70-60(58)69-50-51(52(63)46-43-40-37-34-32-29-23-20-17-14-11-8-5-2)61-59(68)53(64)47-44-41-38-35-31-24-21-18-15-12-9-6-3/h7,10,13,16,19,22,25-28,30-31,33,35,43,46,51-54,56-58,60,62-64,66-67H,4-6,8-9,11-12,14-15,17-18,20-21,23-24,29,32,34,36-42,44-45,47-50H2,1-3H3,(H,61,68)/b10-7-,16-13+,22-19+,26-25-,28-27+,33-30+,35-31-,46-43+. The molecule has 0 saturated carbocycles. The molecule has 406 valence electrons. The highest BCUT2D eigenvalue weighted by molar-refractivity contribution is 5.80. The van der Waals surface area contributed by atoms with Crippen LogP contribution in [0.15, 0.2) is 97.2 Å². The van der Waals surface area contributed by atoms with Crippen molar-refractivity contribution in [1.82, 2.24) is 5.32 Å². The van der Waals surface area contributed by atoms with E-state index < -0.39 is 67.4 Å². The number of aliphatic hydroxyl groups excluding tert-OH is 5. The van der Waals surface area contributed by atoms with Gasteiger partial charge in [0.05, 0.1) is 25.4 Å². The average Bonchev–Trinajstić information content (AvgIpc) is 3.37. The van der Waals surface area contributed by atoms with Crippen LogP contribution >= 0.6 is 0 Å². The molecule has 0 aliphatic carbocycles. The Hall–Kier alpha value is -3.42. The number of hydrogen-bond donors (Lipinski definition) is 6. The van der Waals surface area contributed by atoms with Gasteiger partial charge in [0.2, 0.25) is 5.91 Å². The summed E-state index contributed by atoms with van der Waals surface area (Å²) in [6, 6.07) is -1.05. The lowest BCUT2D eigenvalue weighted by Gasteiger charge is -2.41. The van der Waals surface area contributed by atoms with E-state index in [1.165, 1.54) is 89.9 Å². The molecule has 0 aromatic rings. The summed E-state index contributed by atoms with van der Waals surface area (Å²) in [5, 5.41) is 56.7. The smallest absolute Gasteiger partial charge is 0.306 e. The summed E-state index contributed by atoms with van der Waals surface area (Å²) in [5.74, 6) is -1.27. The van der Waals surface area contributed by atoms with Crippen molar-refractivity contribution in [3.8, 4) is 0 Å². The van der Waals surface area contributed by atoms with Crippen LogP contribution in [0, 0.1) is 0 Å². The lowest BCUT2D eigenvalue weighted by Crippen LogP contribution is -2.61. The van der Waals surface area contributed by atoms with Gasteiger partial charge in [0.15, 0.2) is 12.4 Å². The number of esters is 1. The summed E-state index contributed by atoms with van der Waals surface area (Å²) in [6.45, 7) is 5.57. The molecule has 0 aromatic carbocycles. The monoisotopic (exact) mass is 996 g/mol. The molecule has 1 amide bonds. The highest BCUT2D eigenvalue weighted by Gasteiger charge is 2.47. The minimum Gasteiger partial charge on any atom is -0.454 e. The molecule has 0 bridgehead atoms. The summed E-state index contributed by atoms with van der Waals surface area (Å²) >= 11 is 0. The van der Waals surface area contributed by atoms with Crippen molar-refractivity contribution in [2.45, 2.75) is 256 Å². The summed E-state index contributed by atoms with van der Waals surface area (Å²) in [5.41, 5.74) is 0. The number of unbranched alkanes of at least 4 members (excludes halogenated alkanes) is 22. The van der Waals surface area contributed by atoms with Crippen LogP contribution in [0.3, 0.4) is 0 Å². The summed E-state index contributed by atoms with van der Waals surface area (Å²) in [7, 11) is 0. The molecule has 11 nitrogen and oxygen atoms in total. The number of amides is 1. The van der Waals surface area contributed by atoms with Gasteiger partial charge in [0.25, 0.3) is 0 Å². The number of rotatable bonds is 45. The lowest BCUT2D eigenvalue weighted by atomic mass is 9.99. The maximum absolute atomic E-state index is 13.3. The first-order chi connectivity index (χ1) is 34.7. The molecule has 0 aromatic heterocycles. The van der Waals surface area contributed by atoms with Gasteiger partial charge in [-0.05, 0) is 70.6 Å². The average molecular weight is 996 g/mol. The molecule has 11 heteroatoms. The zero-order valence-electron chi connectivity index (χ0n) is 44.6. The van der Waals surface area contributed by atoms with Gasteiger partial charge in [-0.2, -0.15) is 0 Å². The normalized spacial score (nSPS) is 20.4. The van der Waals surface area contributed by atoms with Crippen LogP contribution in [0.2, 0.25) is 0 Å². The highest BCUT2D eigenvalue weighted by atomic mass is 16.7. The van der Waals surface area contributed by atoms with E-state index in [2.05, 4.69) is 50.4 Å². The Kier molecular flexibility index (Phi) is 44.0. The molecule has 1 saturated heterocycles. The Morgan fingerprint density at radius 2 is 1.03 bits per heavy atom. The van der Waals surface area contributed by atoms with E-state index >= 15 is 0 Å². The number of aliphatic hydroxyl groups is 5. The highest BCUT2D eigenvalue weighted by Crippen LogP contribution is 2.26. The minimum absolute atomic E-state index is 0.0656. The van der Waals surface area contributed by atoms with Crippen molar-refractivity contribution in [1.29, 1.82) is 0 Å². The molecule has 1 aliphatic heterocycles. The summed E-state index contributed by atoms with van der Waals surface area (Å²) in [6.07, 6.45) is 51.6. The molecular formula is C60H101NO10. The third-order valence-electron chi connectivity index (χ3n) is 12.6. The van der Waals surface area contributed by atoms with Crippen LogP contribution in [-0.2, 0) is 23.8 Å². The van der Waals surface area contributed by atoms with E-state index in [4.69, 9.17) is 14.2 Å². The molecule has 71 heavy (non-hydrogen) atoms. The SMILES string of the molecule is CC\C=C/C=C/C=C/C=C\C=C\C=C\CCCCCC(=O)OC1C(OCC(NC(=O)C(O)CCCC/C=C\CCCCCCCC)C(O)/C=C/CCCCCCCCCCCCC)OC(CO)C(O)C1O. The first-order valence-corrected chi connectivity index (χ1v) is 28.1. The summed E-state index contributed by atoms with van der Waals surface area (Å²) in [4.78, 5) is 26.4. The predicted octanol–water partition coefficient (Wildman–Crippen LogP) is 12.4. The maximum Gasteiger partial charge on any atom is 0.306 e. The molecule has 1 heterocycles. The molecule has 6 N–H and O–H groups in total. The van der Waals surface area contributed by atoms with Gasteiger partial charge < -0.3 is 45.1 Å². The fourth-order valence-electron chi connectivity index (χ4n) is 8.15. The van der Waals surface area contributed by atoms with Gasteiger partial charge in [-0.15, -0.1) is 0 Å². The molecule has 0 radical (unpaired) electrons. The summed E-state index contributed by atoms with van der Waals surface area (Å²) < 4.78 is 17.5. The van der Waals surface area contributed by atoms with Crippen LogP contribution in [0.25, 0.3) is 0 Å². The second-order valence-corrected chi connectivity index (χ2v) is 19.1. The molecule has 1 rings (SSSR count). The topological polar surface area (TPSA) is 175 Å². The molecule has 0 spiro atoms. The van der Waals surface area contributed by atoms with Crippen molar-refractivity contribution in [3.63, 3.8) is 0 Å². The van der Waals surface area contributed by atoms with Crippen molar-refractivity contribution in [3.05, 3.63) is 97.2 Å². The van der Waals surface area contributed by atoms with Crippen molar-refractivity contribution in [2.75, 3.05) is 13.2 Å². The molecule has 1 fully saturated rings. The Labute approximate surface area is 431 Å². The van der Waals surface area contributed by atoms with Gasteiger partial charge in [-0.1, -0.05) is 227 Å². The van der Waals surface area contributed by atoms with E-state index in [9.17, 15) is 35.1 Å². The number of carbonyl (C=O) groups excluding carboxylic acids is 2. The maximum atomic E-state index is 13.3. The van der Waals surface area contributed by atoms with Gasteiger partial charge in [0, 0.05) is 6.42 Å². The molecule has 8 unspecified atom stereocenters. The first-order valence-electron chi connectivity index (χ1n) is 28.1. The van der Waals surface area contributed by atoms with Crippen LogP contribution < -0.4 is 5.32 Å². The first kappa shape index (κ1) is 65.6. The largest absolute Gasteiger partial charge is 0.454 e. The third kappa shape index (κ3) is 36.2. The van der Waals surface area contributed by atoms with E-state index in [0.29, 0.717) is 12.8 Å². The van der Waals surface area contributed by atoms with Crippen molar-refractivity contribution >= 4 is 11.9 Å². The quantitative estimate of drug-likeness (QED) is 0.0149. The van der Waals surface area contributed by atoms with E-state index in [-0.39, 0.29) is 19.4 Å². The van der Waals surface area contributed by atoms with E-state index in [1.807, 2.05) is 66.8 Å². The number of ether oxygens (including phenoxy) is 3. The van der Waals surface area contributed by atoms with Crippen LogP contribution in [0.1, 0.15) is 207 Å². The Bertz CT molecular complexity index is 1520. The molecular weight excluding hydrogens is 895 g/mol. The van der Waals surface area contributed by atoms with Crippen LogP contribution in [-0.4, -0.2) is 99.6 Å². The van der Waals surface area contributed by atoms with Gasteiger partial charge in [-0.25, -0.2) is 0 Å². The van der Waals surface area contributed by atoms with E-state index in [0.717, 1.165) is 70.6 Å². The fraction of sp³-hybridized carbons (Fsp3) is 0.700. The van der Waals surface area contributed by atoms with Crippen molar-refractivity contribution in [2.24, 2.45) is 0 Å². The van der Waals surface area contributed by atoms with Crippen LogP contribution in [0.4, 0.5) is 0 Å². The lowest BCUT2D eigenvalue weighted by molar-refractivity contribution is -0.305. The Morgan fingerprint density at radius 1 is 0.563 bits per heavy atom. The third-order valence-corrected chi connectivity index (χ3v) is 12.6. The number of carbonyl (C=O) groups is 2. The Morgan fingerprint density at radius 3 is 1.56 bits per heavy atom. The zero-order chi connectivity index (χ0) is 51.8. The Balaban J connectivity index is 2.80. The van der Waals surface area contributed by atoms with Gasteiger partial charge in [-0.3, -0.25) is 9.59 Å². The van der Waals surface area contributed by atoms with Gasteiger partial charge >= 0.3 is 5.97 Å².